The third-order valence-electron chi connectivity index (χ3n) is 4.61. The number of likely N-dealkylation sites (N-methyl/N-ethyl adjacent to an activating group) is 1. The molecule has 0 unspecified atom stereocenters. The number of carbonyl (C=O) groups is 1. The van der Waals surface area contributed by atoms with Gasteiger partial charge in [-0.25, -0.2) is 14.8 Å². The molecule has 0 bridgehead atoms. The molecule has 0 spiro atoms. The molecule has 134 valence electrons. The van der Waals surface area contributed by atoms with E-state index < -0.39 is 5.97 Å². The van der Waals surface area contributed by atoms with Crippen LogP contribution in [0.25, 0.3) is 11.6 Å². The lowest BCUT2D eigenvalue weighted by atomic mass is 10.1. The summed E-state index contributed by atoms with van der Waals surface area (Å²) in [5.41, 5.74) is 1.31. The van der Waals surface area contributed by atoms with Gasteiger partial charge < -0.3 is 24.4 Å². The number of nitrogens with zero attached hydrogens (tertiary/aromatic N) is 4. The maximum absolute atomic E-state index is 11.7. The second-order valence-electron chi connectivity index (χ2n) is 6.32. The summed E-state index contributed by atoms with van der Waals surface area (Å²) < 4.78 is 5.78. The van der Waals surface area contributed by atoms with E-state index in [0.29, 0.717) is 24.5 Å². The number of aromatic carboxylic acids is 1. The lowest BCUT2D eigenvalue weighted by molar-refractivity contribution is 0.0694. The third kappa shape index (κ3) is 2.74. The zero-order valence-corrected chi connectivity index (χ0v) is 14.2. The Bertz CT molecular complexity index is 923. The van der Waals surface area contributed by atoms with E-state index in [2.05, 4.69) is 14.9 Å². The Hall–Kier alpha value is -3.13. The van der Waals surface area contributed by atoms with Crippen molar-refractivity contribution in [3.05, 3.63) is 35.2 Å². The Labute approximate surface area is 149 Å². The van der Waals surface area contributed by atoms with Crippen molar-refractivity contribution >= 4 is 35.5 Å². The second-order valence-corrected chi connectivity index (χ2v) is 6.32. The molecule has 4 rings (SSSR count). The Morgan fingerprint density at radius 1 is 1.31 bits per heavy atom. The minimum Gasteiger partial charge on any atom is -0.504 e. The van der Waals surface area contributed by atoms with Gasteiger partial charge in [-0.3, -0.25) is 0 Å². The molecule has 8 heteroatoms. The molecule has 4 heterocycles. The van der Waals surface area contributed by atoms with Crippen LogP contribution in [-0.4, -0.2) is 65.5 Å². The van der Waals surface area contributed by atoms with Gasteiger partial charge in [0.15, 0.2) is 22.9 Å². The average molecular weight is 354 g/mol. The lowest BCUT2D eigenvalue weighted by Gasteiger charge is -2.32. The number of anilines is 1. The maximum atomic E-state index is 11.7. The molecule has 2 aromatic heterocycles. The SMILES string of the molecule is CN1CCN(c2oc(C=C3C=Nc4ncccc43)c(O)c2C(=O)O)CC1. The highest BCUT2D eigenvalue weighted by Crippen LogP contribution is 2.39. The summed E-state index contributed by atoms with van der Waals surface area (Å²) in [5, 5.41) is 20.0. The summed E-state index contributed by atoms with van der Waals surface area (Å²) in [7, 11) is 2.01. The summed E-state index contributed by atoms with van der Waals surface area (Å²) in [6, 6.07) is 3.66. The van der Waals surface area contributed by atoms with Crippen LogP contribution in [0.4, 0.5) is 11.7 Å². The van der Waals surface area contributed by atoms with Crippen LogP contribution in [0.3, 0.4) is 0 Å². The van der Waals surface area contributed by atoms with E-state index in [0.717, 1.165) is 18.7 Å². The van der Waals surface area contributed by atoms with Crippen molar-refractivity contribution in [1.82, 2.24) is 9.88 Å². The van der Waals surface area contributed by atoms with E-state index >= 15 is 0 Å². The number of pyridine rings is 1. The van der Waals surface area contributed by atoms with Gasteiger partial charge >= 0.3 is 5.97 Å². The lowest BCUT2D eigenvalue weighted by Crippen LogP contribution is -2.44. The van der Waals surface area contributed by atoms with Crippen molar-refractivity contribution in [3.8, 4) is 5.75 Å². The smallest absolute Gasteiger partial charge is 0.345 e. The Balaban J connectivity index is 1.74. The topological polar surface area (TPSA) is 102 Å². The average Bonchev–Trinajstić information content (AvgIpc) is 3.18. The quantitative estimate of drug-likeness (QED) is 0.870. The summed E-state index contributed by atoms with van der Waals surface area (Å²) in [5.74, 6) is -0.704. The highest BCUT2D eigenvalue weighted by atomic mass is 16.4. The molecule has 0 amide bonds. The van der Waals surface area contributed by atoms with Crippen LogP contribution in [0, 0.1) is 0 Å². The molecule has 26 heavy (non-hydrogen) atoms. The van der Waals surface area contributed by atoms with Crippen molar-refractivity contribution in [1.29, 1.82) is 0 Å². The first-order chi connectivity index (χ1) is 12.5. The van der Waals surface area contributed by atoms with Gasteiger partial charge in [-0.1, -0.05) is 0 Å². The van der Waals surface area contributed by atoms with Gasteiger partial charge in [-0.2, -0.15) is 0 Å². The minimum absolute atomic E-state index is 0.106. The highest BCUT2D eigenvalue weighted by molar-refractivity contribution is 6.21. The first-order valence-electron chi connectivity index (χ1n) is 8.28. The molecular formula is C18H18N4O4. The fraction of sp³-hybridized carbons (Fsp3) is 0.278. The number of carboxylic acid groups (broad SMARTS) is 1. The van der Waals surface area contributed by atoms with E-state index in [-0.39, 0.29) is 23.0 Å². The van der Waals surface area contributed by atoms with Crippen molar-refractivity contribution in [3.63, 3.8) is 0 Å². The largest absolute Gasteiger partial charge is 0.504 e. The number of rotatable bonds is 3. The Kier molecular flexibility index (Phi) is 3.96. The molecule has 2 aromatic rings. The molecule has 0 saturated carbocycles. The Morgan fingerprint density at radius 3 is 2.81 bits per heavy atom. The van der Waals surface area contributed by atoms with E-state index in [4.69, 9.17) is 4.42 Å². The molecular weight excluding hydrogens is 336 g/mol. The molecule has 0 aromatic carbocycles. The number of piperazine rings is 1. The van der Waals surface area contributed by atoms with Gasteiger partial charge in [0.05, 0.1) is 0 Å². The predicted molar refractivity (Wildman–Crippen MR) is 97.3 cm³/mol. The van der Waals surface area contributed by atoms with E-state index in [1.165, 1.54) is 0 Å². The molecule has 1 saturated heterocycles. The van der Waals surface area contributed by atoms with Gasteiger partial charge in [0.1, 0.15) is 0 Å². The minimum atomic E-state index is -1.22. The number of fused-ring (bicyclic) bond motifs is 1. The summed E-state index contributed by atoms with van der Waals surface area (Å²) in [4.78, 5) is 24.1. The number of aromatic hydroxyl groups is 1. The zero-order valence-electron chi connectivity index (χ0n) is 14.2. The van der Waals surface area contributed by atoms with Gasteiger partial charge in [0, 0.05) is 49.7 Å². The highest BCUT2D eigenvalue weighted by Gasteiger charge is 2.30. The molecule has 8 nitrogen and oxygen atoms in total. The molecule has 2 aliphatic rings. The predicted octanol–water partition coefficient (Wildman–Crippen LogP) is 2.09. The number of aromatic nitrogens is 1. The fourth-order valence-electron chi connectivity index (χ4n) is 3.13. The number of hydrogen-bond acceptors (Lipinski definition) is 7. The van der Waals surface area contributed by atoms with Crippen molar-refractivity contribution in [2.75, 3.05) is 38.1 Å². The van der Waals surface area contributed by atoms with Crippen LogP contribution >= 0.6 is 0 Å². The molecule has 2 aliphatic heterocycles. The summed E-state index contributed by atoms with van der Waals surface area (Å²) in [6.45, 7) is 2.85. The van der Waals surface area contributed by atoms with Crippen LogP contribution in [0.2, 0.25) is 0 Å². The standard InChI is InChI=1S/C18H18N4O4/c1-21-5-7-22(8-6-21)17-14(18(24)25)15(23)13(26-17)9-11-10-20-16-12(11)3-2-4-19-16/h2-4,9-10,23H,5-8H2,1H3,(H,24,25). The fourth-order valence-corrected chi connectivity index (χ4v) is 3.13. The van der Waals surface area contributed by atoms with Gasteiger partial charge in [-0.15, -0.1) is 0 Å². The maximum Gasteiger partial charge on any atom is 0.345 e. The van der Waals surface area contributed by atoms with Crippen LogP contribution < -0.4 is 4.90 Å². The normalized spacial score (nSPS) is 18.5. The van der Waals surface area contributed by atoms with E-state index in [1.54, 1.807) is 24.6 Å². The Morgan fingerprint density at radius 2 is 2.08 bits per heavy atom. The van der Waals surface area contributed by atoms with Gasteiger partial charge in [0.2, 0.25) is 5.88 Å². The first kappa shape index (κ1) is 16.3. The van der Waals surface area contributed by atoms with Crippen molar-refractivity contribution < 1.29 is 19.4 Å². The first-order valence-corrected chi connectivity index (χ1v) is 8.28. The molecule has 0 radical (unpaired) electrons. The van der Waals surface area contributed by atoms with Crippen LogP contribution in [0.5, 0.6) is 5.75 Å². The van der Waals surface area contributed by atoms with Crippen LogP contribution in [0.15, 0.2) is 27.7 Å². The molecule has 0 atom stereocenters. The molecule has 0 aliphatic carbocycles. The van der Waals surface area contributed by atoms with Crippen LogP contribution in [-0.2, 0) is 0 Å². The third-order valence-corrected chi connectivity index (χ3v) is 4.61. The van der Waals surface area contributed by atoms with E-state index in [1.807, 2.05) is 18.0 Å². The monoisotopic (exact) mass is 354 g/mol. The molecule has 1 fully saturated rings. The second kappa shape index (κ2) is 6.30. The van der Waals surface area contributed by atoms with Crippen molar-refractivity contribution in [2.24, 2.45) is 4.99 Å². The van der Waals surface area contributed by atoms with Crippen molar-refractivity contribution in [2.45, 2.75) is 0 Å². The summed E-state index contributed by atoms with van der Waals surface area (Å²) >= 11 is 0. The van der Waals surface area contributed by atoms with Gasteiger partial charge in [0.25, 0.3) is 0 Å². The number of aliphatic imine (C=N–C) groups is 1. The van der Waals surface area contributed by atoms with E-state index in [9.17, 15) is 15.0 Å². The number of furan rings is 1. The number of hydrogen-bond donors (Lipinski definition) is 2. The zero-order chi connectivity index (χ0) is 18.3. The number of allylic oxidation sites excluding steroid dienone is 1. The molecule has 2 N–H and O–H groups in total. The summed E-state index contributed by atoms with van der Waals surface area (Å²) in [6.07, 6.45) is 4.87. The van der Waals surface area contributed by atoms with Crippen LogP contribution in [0.1, 0.15) is 21.7 Å². The number of carboxylic acids is 1. The van der Waals surface area contributed by atoms with Gasteiger partial charge in [-0.05, 0) is 25.3 Å².